The number of ether oxygens (including phenoxy) is 1. The maximum atomic E-state index is 13.7. The fourth-order valence-electron chi connectivity index (χ4n) is 4.30. The number of methoxy groups -OCH3 is 1. The first-order chi connectivity index (χ1) is 16.9. The predicted molar refractivity (Wildman–Crippen MR) is 151 cm³/mol. The second-order valence-electron chi connectivity index (χ2n) is 8.15. The third kappa shape index (κ3) is 4.29. The number of anilines is 1. The van der Waals surface area contributed by atoms with Gasteiger partial charge in [-0.05, 0) is 95.8 Å². The Bertz CT molecular complexity index is 1560. The Morgan fingerprint density at radius 2 is 1.83 bits per heavy atom. The van der Waals surface area contributed by atoms with Gasteiger partial charge in [-0.1, -0.05) is 22.9 Å². The molecule has 0 unspecified atom stereocenters. The highest BCUT2D eigenvalue weighted by Crippen LogP contribution is 2.39. The molecule has 0 saturated heterocycles. The van der Waals surface area contributed by atoms with Crippen molar-refractivity contribution in [1.29, 1.82) is 0 Å². The molecule has 0 fully saturated rings. The Morgan fingerprint density at radius 3 is 2.54 bits per heavy atom. The molecule has 4 aromatic rings. The molecule has 176 valence electrons. The van der Waals surface area contributed by atoms with Crippen molar-refractivity contribution >= 4 is 72.7 Å². The molecule has 0 aliphatic carbocycles. The van der Waals surface area contributed by atoms with Crippen LogP contribution in [-0.2, 0) is 4.79 Å². The van der Waals surface area contributed by atoms with Crippen molar-refractivity contribution in [3.8, 4) is 11.4 Å². The van der Waals surface area contributed by atoms with E-state index in [9.17, 15) is 9.59 Å². The summed E-state index contributed by atoms with van der Waals surface area (Å²) in [5, 5.41) is 0.517. The SMILES string of the molecule is CCCN1C(=O)/C(=C/c2nc3ccc(I)cc3c(=O)n2-c2ccc(OC)cc2)c2cc(Br)ccc21. The minimum Gasteiger partial charge on any atom is -0.497 e. The summed E-state index contributed by atoms with van der Waals surface area (Å²) in [7, 11) is 1.60. The van der Waals surface area contributed by atoms with Crippen LogP contribution in [0.3, 0.4) is 0 Å². The number of fused-ring (bicyclic) bond motifs is 2. The van der Waals surface area contributed by atoms with Crippen molar-refractivity contribution in [2.75, 3.05) is 18.6 Å². The minimum absolute atomic E-state index is 0.0989. The lowest BCUT2D eigenvalue weighted by Crippen LogP contribution is -2.27. The highest BCUT2D eigenvalue weighted by atomic mass is 127. The Kier molecular flexibility index (Phi) is 6.50. The number of halogens is 2. The topological polar surface area (TPSA) is 64.4 Å². The van der Waals surface area contributed by atoms with Crippen molar-refractivity contribution in [2.45, 2.75) is 13.3 Å². The van der Waals surface area contributed by atoms with E-state index < -0.39 is 0 Å². The summed E-state index contributed by atoms with van der Waals surface area (Å²) < 4.78 is 8.66. The minimum atomic E-state index is -0.198. The molecule has 0 atom stereocenters. The number of rotatable bonds is 5. The predicted octanol–water partition coefficient (Wildman–Crippen LogP) is 6.06. The largest absolute Gasteiger partial charge is 0.497 e. The van der Waals surface area contributed by atoms with E-state index in [1.165, 1.54) is 0 Å². The van der Waals surface area contributed by atoms with Crippen LogP contribution in [0, 0.1) is 3.57 Å². The Balaban J connectivity index is 1.79. The van der Waals surface area contributed by atoms with Gasteiger partial charge in [-0.3, -0.25) is 14.2 Å². The average molecular weight is 642 g/mol. The Labute approximate surface area is 224 Å². The maximum absolute atomic E-state index is 13.7. The van der Waals surface area contributed by atoms with E-state index in [-0.39, 0.29) is 11.5 Å². The van der Waals surface area contributed by atoms with Gasteiger partial charge in [-0.2, -0.15) is 0 Å². The van der Waals surface area contributed by atoms with E-state index in [0.717, 1.165) is 25.7 Å². The zero-order valence-electron chi connectivity index (χ0n) is 19.1. The molecule has 35 heavy (non-hydrogen) atoms. The van der Waals surface area contributed by atoms with Gasteiger partial charge >= 0.3 is 0 Å². The molecule has 1 aliphatic rings. The lowest BCUT2D eigenvalue weighted by Gasteiger charge is -2.15. The van der Waals surface area contributed by atoms with Gasteiger partial charge in [0.05, 0.1) is 35.0 Å². The third-order valence-electron chi connectivity index (χ3n) is 5.92. The van der Waals surface area contributed by atoms with E-state index >= 15 is 0 Å². The second-order valence-corrected chi connectivity index (χ2v) is 10.3. The molecule has 1 amide bonds. The molecule has 0 bridgehead atoms. The van der Waals surface area contributed by atoms with Gasteiger partial charge in [0.15, 0.2) is 0 Å². The van der Waals surface area contributed by atoms with E-state index in [2.05, 4.69) is 38.5 Å². The molecular weight excluding hydrogens is 621 g/mol. The average Bonchev–Trinajstić information content (AvgIpc) is 3.10. The van der Waals surface area contributed by atoms with Gasteiger partial charge in [-0.25, -0.2) is 4.98 Å². The smallest absolute Gasteiger partial charge is 0.266 e. The molecule has 0 radical (unpaired) electrons. The van der Waals surface area contributed by atoms with Crippen LogP contribution in [0.15, 0.2) is 69.9 Å². The molecule has 1 aliphatic heterocycles. The number of carbonyl (C=O) groups is 1. The lowest BCUT2D eigenvalue weighted by molar-refractivity contribution is -0.113. The summed E-state index contributed by atoms with van der Waals surface area (Å²) in [5.74, 6) is 0.977. The number of aromatic nitrogens is 2. The zero-order valence-corrected chi connectivity index (χ0v) is 22.8. The molecule has 1 aromatic heterocycles. The fraction of sp³-hybridized carbons (Fsp3) is 0.148. The zero-order chi connectivity index (χ0) is 24.7. The first kappa shape index (κ1) is 23.7. The van der Waals surface area contributed by atoms with Gasteiger partial charge in [-0.15, -0.1) is 0 Å². The van der Waals surface area contributed by atoms with Crippen molar-refractivity contribution in [3.63, 3.8) is 0 Å². The number of carbonyl (C=O) groups excluding carboxylic acids is 1. The Morgan fingerprint density at radius 1 is 1.06 bits per heavy atom. The van der Waals surface area contributed by atoms with Crippen LogP contribution in [0.4, 0.5) is 5.69 Å². The number of hydrogen-bond acceptors (Lipinski definition) is 4. The van der Waals surface area contributed by atoms with E-state index in [1.54, 1.807) is 34.8 Å². The monoisotopic (exact) mass is 641 g/mol. The molecule has 3 aromatic carbocycles. The number of benzene rings is 3. The summed E-state index contributed by atoms with van der Waals surface area (Å²) in [5.41, 5.74) is 3.21. The standard InChI is InChI=1S/C27H21BrIN3O3/c1-3-12-31-24-11-4-16(28)13-20(24)21(26(31)33)15-25-30-23-10-5-17(29)14-22(23)27(34)32(25)18-6-8-19(35-2)9-7-18/h4-11,13-15H,3,12H2,1-2H3/b21-15+. The van der Waals surface area contributed by atoms with Crippen LogP contribution in [0.5, 0.6) is 5.75 Å². The van der Waals surface area contributed by atoms with E-state index in [4.69, 9.17) is 9.72 Å². The Hall–Kier alpha value is -2.98. The molecule has 0 saturated carbocycles. The molecule has 0 spiro atoms. The van der Waals surface area contributed by atoms with Crippen molar-refractivity contribution in [1.82, 2.24) is 9.55 Å². The number of amides is 1. The third-order valence-corrected chi connectivity index (χ3v) is 7.09. The quantitative estimate of drug-likeness (QED) is 0.196. The summed E-state index contributed by atoms with van der Waals surface area (Å²) in [6.07, 6.45) is 2.56. The van der Waals surface area contributed by atoms with Gasteiger partial charge in [0, 0.05) is 20.2 Å². The number of nitrogens with zero attached hydrogens (tertiary/aromatic N) is 3. The van der Waals surface area contributed by atoms with Crippen LogP contribution in [-0.4, -0.2) is 29.1 Å². The van der Waals surface area contributed by atoms with E-state index in [0.29, 0.717) is 40.3 Å². The second kappa shape index (κ2) is 9.58. The summed E-state index contributed by atoms with van der Waals surface area (Å²) in [6.45, 7) is 2.65. The highest BCUT2D eigenvalue weighted by Gasteiger charge is 2.32. The molecule has 6 nitrogen and oxygen atoms in total. The molecule has 5 rings (SSSR count). The lowest BCUT2D eigenvalue weighted by atomic mass is 10.1. The fourth-order valence-corrected chi connectivity index (χ4v) is 5.15. The van der Waals surface area contributed by atoms with Crippen LogP contribution in [0.25, 0.3) is 28.2 Å². The van der Waals surface area contributed by atoms with Gasteiger partial charge in [0.2, 0.25) is 0 Å². The van der Waals surface area contributed by atoms with Crippen LogP contribution < -0.4 is 15.2 Å². The first-order valence-corrected chi connectivity index (χ1v) is 13.0. The van der Waals surface area contributed by atoms with E-state index in [1.807, 2.05) is 55.5 Å². The van der Waals surface area contributed by atoms with Crippen molar-refractivity contribution < 1.29 is 9.53 Å². The van der Waals surface area contributed by atoms with Crippen molar-refractivity contribution in [3.05, 3.63) is 90.4 Å². The summed E-state index contributed by atoms with van der Waals surface area (Å²) >= 11 is 5.72. The van der Waals surface area contributed by atoms with Crippen molar-refractivity contribution in [2.24, 2.45) is 0 Å². The molecule has 8 heteroatoms. The summed E-state index contributed by atoms with van der Waals surface area (Å²) in [6, 6.07) is 18.6. The first-order valence-electron chi connectivity index (χ1n) is 11.1. The summed E-state index contributed by atoms with van der Waals surface area (Å²) in [4.78, 5) is 33.9. The van der Waals surface area contributed by atoms with Gasteiger partial charge in [0.1, 0.15) is 11.6 Å². The van der Waals surface area contributed by atoms with Crippen LogP contribution in [0.2, 0.25) is 0 Å². The maximum Gasteiger partial charge on any atom is 0.266 e. The van der Waals surface area contributed by atoms with Crippen LogP contribution >= 0.6 is 38.5 Å². The van der Waals surface area contributed by atoms with Gasteiger partial charge < -0.3 is 9.64 Å². The molecule has 0 N–H and O–H groups in total. The highest BCUT2D eigenvalue weighted by molar-refractivity contribution is 14.1. The normalized spacial score (nSPS) is 14.1. The molecule has 2 heterocycles. The van der Waals surface area contributed by atoms with Crippen LogP contribution in [0.1, 0.15) is 24.7 Å². The van der Waals surface area contributed by atoms with Gasteiger partial charge in [0.25, 0.3) is 11.5 Å². The number of hydrogen-bond donors (Lipinski definition) is 0. The molecular formula is C27H21BrIN3O3.